The summed E-state index contributed by atoms with van der Waals surface area (Å²) in [5, 5.41) is 18.2. The molecule has 0 bridgehead atoms. The summed E-state index contributed by atoms with van der Waals surface area (Å²) >= 11 is 0. The van der Waals surface area contributed by atoms with Gasteiger partial charge in [0.25, 0.3) is 0 Å². The van der Waals surface area contributed by atoms with E-state index >= 15 is 0 Å². The van der Waals surface area contributed by atoms with Crippen LogP contribution in [0.25, 0.3) is 0 Å². The van der Waals surface area contributed by atoms with Gasteiger partial charge in [-0.3, -0.25) is 19.8 Å². The number of nitrogens with two attached hydrogens (primary N) is 2. The maximum Gasteiger partial charge on any atom is 0.305 e. The Bertz CT molecular complexity index is 398. The molecule has 0 unspecified atom stereocenters. The van der Waals surface area contributed by atoms with E-state index in [9.17, 15) is 14.4 Å². The Morgan fingerprint density at radius 3 is 2.05 bits per heavy atom. The first-order chi connectivity index (χ1) is 10.3. The van der Waals surface area contributed by atoms with Crippen molar-refractivity contribution in [3.8, 4) is 0 Å². The molecule has 8 heteroatoms. The Labute approximate surface area is 130 Å². The molecule has 0 aliphatic heterocycles. The third-order valence-corrected chi connectivity index (χ3v) is 3.03. The van der Waals surface area contributed by atoms with Gasteiger partial charge in [-0.15, -0.1) is 0 Å². The van der Waals surface area contributed by atoms with Crippen molar-refractivity contribution in [2.24, 2.45) is 11.5 Å². The van der Waals surface area contributed by atoms with Crippen molar-refractivity contribution < 1.29 is 19.5 Å². The SMILES string of the molecule is N=C(N)NCCCCCCCCC(=O)C(=O)[C](N)CC(=O)O. The van der Waals surface area contributed by atoms with Crippen molar-refractivity contribution in [1.82, 2.24) is 5.32 Å². The number of unbranched alkanes of at least 4 members (excludes halogenated alkanes) is 5. The molecule has 0 aromatic carbocycles. The van der Waals surface area contributed by atoms with E-state index in [1.807, 2.05) is 0 Å². The predicted molar refractivity (Wildman–Crippen MR) is 81.9 cm³/mol. The number of Topliss-reactive ketones (excluding diaryl/α,β-unsaturated/α-hetero) is 2. The number of ketones is 2. The van der Waals surface area contributed by atoms with Crippen molar-refractivity contribution in [2.45, 2.75) is 51.4 Å². The van der Waals surface area contributed by atoms with Crippen LogP contribution in [-0.4, -0.2) is 35.1 Å². The average molecular weight is 313 g/mol. The monoisotopic (exact) mass is 313 g/mol. The summed E-state index contributed by atoms with van der Waals surface area (Å²) < 4.78 is 0. The second kappa shape index (κ2) is 11.7. The summed E-state index contributed by atoms with van der Waals surface area (Å²) in [6.45, 7) is 0.682. The van der Waals surface area contributed by atoms with Crippen LogP contribution in [0.2, 0.25) is 0 Å². The predicted octanol–water partition coefficient (Wildman–Crippen LogP) is 0.304. The molecule has 1 radical (unpaired) electrons. The molecule has 22 heavy (non-hydrogen) atoms. The van der Waals surface area contributed by atoms with Gasteiger partial charge >= 0.3 is 5.97 Å². The van der Waals surface area contributed by atoms with Crippen LogP contribution in [-0.2, 0) is 14.4 Å². The van der Waals surface area contributed by atoms with Crippen LogP contribution < -0.4 is 16.8 Å². The molecule has 0 atom stereocenters. The van der Waals surface area contributed by atoms with E-state index in [0.717, 1.165) is 32.1 Å². The highest BCUT2D eigenvalue weighted by Gasteiger charge is 2.24. The fourth-order valence-corrected chi connectivity index (χ4v) is 1.88. The highest BCUT2D eigenvalue weighted by molar-refractivity contribution is 6.42. The largest absolute Gasteiger partial charge is 0.481 e. The number of aliphatic carboxylic acids is 1. The fraction of sp³-hybridized carbons (Fsp3) is 0.643. The minimum Gasteiger partial charge on any atom is -0.481 e. The van der Waals surface area contributed by atoms with Gasteiger partial charge in [0.2, 0.25) is 5.78 Å². The first-order valence-electron chi connectivity index (χ1n) is 7.33. The van der Waals surface area contributed by atoms with Crippen LogP contribution >= 0.6 is 0 Å². The molecule has 8 nitrogen and oxygen atoms in total. The summed E-state index contributed by atoms with van der Waals surface area (Å²) in [7, 11) is 0. The number of carboxylic acids is 1. The van der Waals surface area contributed by atoms with Crippen molar-refractivity contribution in [2.75, 3.05) is 6.54 Å². The van der Waals surface area contributed by atoms with E-state index in [4.69, 9.17) is 22.0 Å². The van der Waals surface area contributed by atoms with Crippen molar-refractivity contribution in [3.05, 3.63) is 6.04 Å². The molecular weight excluding hydrogens is 288 g/mol. The van der Waals surface area contributed by atoms with Gasteiger partial charge in [-0.25, -0.2) is 0 Å². The molecular formula is C14H25N4O4. The van der Waals surface area contributed by atoms with Gasteiger partial charge in [0.05, 0.1) is 6.42 Å². The third kappa shape index (κ3) is 10.8. The molecule has 0 spiro atoms. The summed E-state index contributed by atoms with van der Waals surface area (Å²) in [6, 6.07) is -0.407. The van der Waals surface area contributed by atoms with E-state index < -0.39 is 30.0 Å². The maximum absolute atomic E-state index is 11.5. The van der Waals surface area contributed by atoms with E-state index in [1.54, 1.807) is 0 Å². The normalized spacial score (nSPS) is 10.5. The van der Waals surface area contributed by atoms with Gasteiger partial charge in [0.1, 0.15) is 6.04 Å². The molecule has 0 aromatic rings. The number of hydrogen-bond acceptors (Lipinski definition) is 5. The van der Waals surface area contributed by atoms with Crippen LogP contribution in [0.1, 0.15) is 51.4 Å². The maximum atomic E-state index is 11.5. The van der Waals surface area contributed by atoms with Gasteiger partial charge < -0.3 is 21.9 Å². The number of guanidine groups is 1. The van der Waals surface area contributed by atoms with Crippen LogP contribution in [0, 0.1) is 11.5 Å². The Kier molecular flexibility index (Phi) is 10.6. The highest BCUT2D eigenvalue weighted by atomic mass is 16.4. The Hall–Kier alpha value is -1.96. The summed E-state index contributed by atoms with van der Waals surface area (Å²) in [4.78, 5) is 33.4. The van der Waals surface area contributed by atoms with E-state index in [0.29, 0.717) is 13.0 Å². The minimum absolute atomic E-state index is 0.0258. The van der Waals surface area contributed by atoms with E-state index in [2.05, 4.69) is 5.32 Å². The zero-order chi connectivity index (χ0) is 17.0. The highest BCUT2D eigenvalue weighted by Crippen LogP contribution is 2.09. The quantitative estimate of drug-likeness (QED) is 0.141. The van der Waals surface area contributed by atoms with Crippen LogP contribution in [0.5, 0.6) is 0 Å². The Balaban J connectivity index is 3.58. The number of carbonyl (C=O) groups is 3. The lowest BCUT2D eigenvalue weighted by molar-refractivity contribution is -0.139. The fourth-order valence-electron chi connectivity index (χ4n) is 1.88. The van der Waals surface area contributed by atoms with Gasteiger partial charge in [0.15, 0.2) is 11.7 Å². The smallest absolute Gasteiger partial charge is 0.305 e. The van der Waals surface area contributed by atoms with Crippen LogP contribution in [0.15, 0.2) is 0 Å². The standard InChI is InChI=1S/C14H25N4O4/c15-10(9-12(20)21)13(22)11(19)7-5-3-1-2-4-6-8-18-14(16)17/h1-9,15H2,(H,20,21)(H4,16,17,18). The molecule has 0 fully saturated rings. The van der Waals surface area contributed by atoms with E-state index in [1.165, 1.54) is 0 Å². The molecule has 0 rings (SSSR count). The number of hydrogen-bond donors (Lipinski definition) is 5. The van der Waals surface area contributed by atoms with Crippen LogP contribution in [0.4, 0.5) is 0 Å². The van der Waals surface area contributed by atoms with Crippen molar-refractivity contribution in [3.63, 3.8) is 0 Å². The zero-order valence-corrected chi connectivity index (χ0v) is 12.7. The lowest BCUT2D eigenvalue weighted by Crippen LogP contribution is -2.30. The second-order valence-corrected chi connectivity index (χ2v) is 5.06. The van der Waals surface area contributed by atoms with Crippen molar-refractivity contribution >= 4 is 23.5 Å². The Morgan fingerprint density at radius 1 is 0.955 bits per heavy atom. The number of nitrogens with one attached hydrogen (secondary N) is 2. The zero-order valence-electron chi connectivity index (χ0n) is 12.7. The summed E-state index contributed by atoms with van der Waals surface area (Å²) in [5.74, 6) is -2.75. The van der Waals surface area contributed by atoms with Gasteiger partial charge in [-0.2, -0.15) is 0 Å². The molecule has 0 saturated heterocycles. The summed E-state index contributed by atoms with van der Waals surface area (Å²) in [5.41, 5.74) is 10.4. The third-order valence-electron chi connectivity index (χ3n) is 3.03. The lowest BCUT2D eigenvalue weighted by atomic mass is 10.0. The number of carboxylic acid groups (broad SMARTS) is 1. The molecule has 0 aliphatic rings. The number of rotatable bonds is 13. The van der Waals surface area contributed by atoms with E-state index in [-0.39, 0.29) is 12.4 Å². The van der Waals surface area contributed by atoms with Gasteiger partial charge in [-0.1, -0.05) is 25.7 Å². The van der Waals surface area contributed by atoms with Crippen molar-refractivity contribution in [1.29, 1.82) is 5.41 Å². The Morgan fingerprint density at radius 2 is 1.50 bits per heavy atom. The molecule has 0 aromatic heterocycles. The summed E-state index contributed by atoms with van der Waals surface area (Å²) in [6.07, 6.45) is 4.83. The second-order valence-electron chi connectivity index (χ2n) is 5.06. The minimum atomic E-state index is -1.22. The lowest BCUT2D eigenvalue weighted by Gasteiger charge is -2.06. The molecule has 0 heterocycles. The van der Waals surface area contributed by atoms with Gasteiger partial charge in [0, 0.05) is 13.0 Å². The molecule has 0 amide bonds. The number of carbonyl (C=O) groups excluding carboxylic acids is 2. The molecule has 0 saturated carbocycles. The molecule has 7 N–H and O–H groups in total. The average Bonchev–Trinajstić information content (AvgIpc) is 2.43. The van der Waals surface area contributed by atoms with Gasteiger partial charge in [-0.05, 0) is 12.8 Å². The first-order valence-corrected chi connectivity index (χ1v) is 7.33. The van der Waals surface area contributed by atoms with Crippen LogP contribution in [0.3, 0.4) is 0 Å². The first kappa shape index (κ1) is 20.0. The molecule has 0 aliphatic carbocycles. The topological polar surface area (TPSA) is 159 Å². The molecule has 125 valence electrons.